The van der Waals surface area contributed by atoms with Gasteiger partial charge in [-0.25, -0.2) is 9.59 Å². The van der Waals surface area contributed by atoms with Gasteiger partial charge in [-0.1, -0.05) is 29.8 Å². The van der Waals surface area contributed by atoms with Gasteiger partial charge >= 0.3 is 12.0 Å². The summed E-state index contributed by atoms with van der Waals surface area (Å²) in [5.41, 5.74) is 3.31. The molecule has 0 bridgehead atoms. The number of imide groups is 1. The van der Waals surface area contributed by atoms with E-state index in [1.165, 1.54) is 13.0 Å². The Bertz CT molecular complexity index is 997. The molecule has 1 aromatic carbocycles. The highest BCUT2D eigenvalue weighted by Gasteiger charge is 2.19. The Hall–Kier alpha value is -3.13. The fourth-order valence-corrected chi connectivity index (χ4v) is 3.02. The highest BCUT2D eigenvalue weighted by molar-refractivity contribution is 6.31. The van der Waals surface area contributed by atoms with Crippen LogP contribution in [0.1, 0.15) is 43.3 Å². The number of rotatable bonds is 7. The number of benzene rings is 1. The van der Waals surface area contributed by atoms with Crippen molar-refractivity contribution in [2.24, 2.45) is 0 Å². The molecule has 166 valence electrons. The molecule has 8 nitrogen and oxygen atoms in total. The molecule has 0 saturated carbocycles. The lowest BCUT2D eigenvalue weighted by molar-refractivity contribution is -0.149. The highest BCUT2D eigenvalue weighted by Crippen LogP contribution is 2.20. The summed E-state index contributed by atoms with van der Waals surface area (Å²) >= 11 is 6.23. The Labute approximate surface area is 186 Å². The van der Waals surface area contributed by atoms with Gasteiger partial charge in [0.05, 0.1) is 12.2 Å². The average Bonchev–Trinajstić information content (AvgIpc) is 2.94. The van der Waals surface area contributed by atoms with Gasteiger partial charge in [0.2, 0.25) is 0 Å². The number of amides is 3. The van der Waals surface area contributed by atoms with Crippen molar-refractivity contribution in [1.29, 1.82) is 0 Å². The van der Waals surface area contributed by atoms with Crippen molar-refractivity contribution in [3.8, 4) is 0 Å². The quantitative estimate of drug-likeness (QED) is 0.501. The third-order valence-electron chi connectivity index (χ3n) is 4.42. The molecule has 0 aliphatic heterocycles. The molecule has 1 heterocycles. The predicted molar refractivity (Wildman–Crippen MR) is 119 cm³/mol. The monoisotopic (exact) mass is 446 g/mol. The van der Waals surface area contributed by atoms with Crippen LogP contribution in [0.15, 0.2) is 30.3 Å². The SMILES string of the molecule is Cc1nn(Cc2ccccc2Cl)c(C)c1/C=C/C(=O)OC(C)C(=O)NC(=O)NC(C)C. The van der Waals surface area contributed by atoms with E-state index >= 15 is 0 Å². The molecule has 31 heavy (non-hydrogen) atoms. The molecule has 2 rings (SSSR count). The van der Waals surface area contributed by atoms with Crippen LogP contribution in [0, 0.1) is 13.8 Å². The third-order valence-corrected chi connectivity index (χ3v) is 4.79. The van der Waals surface area contributed by atoms with Gasteiger partial charge in [-0.05, 0) is 52.3 Å². The summed E-state index contributed by atoms with van der Waals surface area (Å²) in [5, 5.41) is 9.82. The van der Waals surface area contributed by atoms with Gasteiger partial charge in [0.15, 0.2) is 6.10 Å². The molecule has 0 radical (unpaired) electrons. The van der Waals surface area contributed by atoms with Crippen LogP contribution in [-0.2, 0) is 20.9 Å². The van der Waals surface area contributed by atoms with Gasteiger partial charge in [0.25, 0.3) is 5.91 Å². The Balaban J connectivity index is 2.01. The van der Waals surface area contributed by atoms with E-state index in [-0.39, 0.29) is 6.04 Å². The van der Waals surface area contributed by atoms with Crippen LogP contribution in [0.2, 0.25) is 5.02 Å². The van der Waals surface area contributed by atoms with E-state index in [0.29, 0.717) is 11.6 Å². The van der Waals surface area contributed by atoms with Crippen molar-refractivity contribution in [2.75, 3.05) is 0 Å². The number of nitrogens with zero attached hydrogens (tertiary/aromatic N) is 2. The minimum absolute atomic E-state index is 0.126. The minimum atomic E-state index is -1.12. The van der Waals surface area contributed by atoms with Crippen molar-refractivity contribution in [3.63, 3.8) is 0 Å². The summed E-state index contributed by atoms with van der Waals surface area (Å²) in [6, 6.07) is 6.76. The zero-order valence-corrected chi connectivity index (χ0v) is 19.0. The Morgan fingerprint density at radius 3 is 2.52 bits per heavy atom. The largest absolute Gasteiger partial charge is 0.449 e. The first-order chi connectivity index (χ1) is 14.6. The molecule has 0 aliphatic carbocycles. The number of nitrogens with one attached hydrogen (secondary N) is 2. The van der Waals surface area contributed by atoms with Crippen LogP contribution in [0.4, 0.5) is 4.79 Å². The van der Waals surface area contributed by atoms with Crippen LogP contribution < -0.4 is 10.6 Å². The number of halogens is 1. The highest BCUT2D eigenvalue weighted by atomic mass is 35.5. The molecule has 3 amide bonds. The number of urea groups is 1. The van der Waals surface area contributed by atoms with Crippen molar-refractivity contribution in [2.45, 2.75) is 53.3 Å². The summed E-state index contributed by atoms with van der Waals surface area (Å²) in [5.74, 6) is -1.41. The zero-order valence-electron chi connectivity index (χ0n) is 18.2. The fourth-order valence-electron chi connectivity index (χ4n) is 2.82. The summed E-state index contributed by atoms with van der Waals surface area (Å²) in [4.78, 5) is 35.7. The summed E-state index contributed by atoms with van der Waals surface area (Å²) in [6.07, 6.45) is 1.70. The van der Waals surface area contributed by atoms with E-state index < -0.39 is 24.0 Å². The molecule has 2 aromatic rings. The van der Waals surface area contributed by atoms with Crippen LogP contribution >= 0.6 is 11.6 Å². The molecule has 9 heteroatoms. The zero-order chi connectivity index (χ0) is 23.1. The Morgan fingerprint density at radius 1 is 1.19 bits per heavy atom. The summed E-state index contributed by atoms with van der Waals surface area (Å²) in [6.45, 7) is 9.15. The maximum absolute atomic E-state index is 12.1. The lowest BCUT2D eigenvalue weighted by Crippen LogP contribution is -2.46. The molecule has 1 unspecified atom stereocenters. The maximum Gasteiger partial charge on any atom is 0.331 e. The van der Waals surface area contributed by atoms with Gasteiger partial charge < -0.3 is 10.1 Å². The minimum Gasteiger partial charge on any atom is -0.449 e. The number of hydrogen-bond acceptors (Lipinski definition) is 5. The summed E-state index contributed by atoms with van der Waals surface area (Å²) < 4.78 is 6.89. The predicted octanol–water partition coefficient (Wildman–Crippen LogP) is 3.38. The lowest BCUT2D eigenvalue weighted by atomic mass is 10.1. The van der Waals surface area contributed by atoms with E-state index in [0.717, 1.165) is 22.5 Å². The van der Waals surface area contributed by atoms with Crippen molar-refractivity contribution in [1.82, 2.24) is 20.4 Å². The molecular formula is C22H27ClN4O4. The number of carbonyl (C=O) groups is 3. The van der Waals surface area contributed by atoms with Crippen molar-refractivity contribution < 1.29 is 19.1 Å². The standard InChI is InChI=1S/C22H27ClN4O4/c1-13(2)24-22(30)25-21(29)16(5)31-20(28)11-10-18-14(3)26-27(15(18)4)12-17-8-6-7-9-19(17)23/h6-11,13,16H,12H2,1-5H3,(H2,24,25,29,30)/b11-10+. The maximum atomic E-state index is 12.1. The van der Waals surface area contributed by atoms with E-state index in [1.807, 2.05) is 42.8 Å². The van der Waals surface area contributed by atoms with Crippen LogP contribution in [0.3, 0.4) is 0 Å². The number of ether oxygens (including phenoxy) is 1. The topological polar surface area (TPSA) is 102 Å². The van der Waals surface area contributed by atoms with Crippen LogP contribution in [-0.4, -0.2) is 39.8 Å². The second-order valence-electron chi connectivity index (χ2n) is 7.36. The fraction of sp³-hybridized carbons (Fsp3) is 0.364. The number of esters is 1. The number of aryl methyl sites for hydroxylation is 1. The number of aromatic nitrogens is 2. The normalized spacial score (nSPS) is 12.1. The molecule has 0 fully saturated rings. The molecule has 0 spiro atoms. The first-order valence-corrected chi connectivity index (χ1v) is 10.2. The van der Waals surface area contributed by atoms with E-state index in [2.05, 4.69) is 15.7 Å². The second kappa shape index (κ2) is 10.8. The van der Waals surface area contributed by atoms with Crippen LogP contribution in [0.25, 0.3) is 6.08 Å². The van der Waals surface area contributed by atoms with E-state index in [4.69, 9.17) is 16.3 Å². The van der Waals surface area contributed by atoms with Gasteiger partial charge in [0.1, 0.15) is 0 Å². The Kier molecular flexibility index (Phi) is 8.38. The van der Waals surface area contributed by atoms with E-state index in [1.54, 1.807) is 19.9 Å². The van der Waals surface area contributed by atoms with Crippen LogP contribution in [0.5, 0.6) is 0 Å². The second-order valence-corrected chi connectivity index (χ2v) is 7.77. The molecule has 1 atom stereocenters. The molecule has 2 N–H and O–H groups in total. The summed E-state index contributed by atoms with van der Waals surface area (Å²) in [7, 11) is 0. The van der Waals surface area contributed by atoms with Gasteiger partial charge in [-0.3, -0.25) is 14.8 Å². The van der Waals surface area contributed by atoms with Gasteiger partial charge in [0, 0.05) is 28.4 Å². The first kappa shape index (κ1) is 24.1. The van der Waals surface area contributed by atoms with Gasteiger partial charge in [-0.15, -0.1) is 0 Å². The van der Waals surface area contributed by atoms with Gasteiger partial charge in [-0.2, -0.15) is 5.10 Å². The van der Waals surface area contributed by atoms with Crippen molar-refractivity contribution in [3.05, 3.63) is 57.9 Å². The average molecular weight is 447 g/mol. The smallest absolute Gasteiger partial charge is 0.331 e. The van der Waals surface area contributed by atoms with Crippen molar-refractivity contribution >= 4 is 35.6 Å². The molecule has 1 aromatic heterocycles. The number of hydrogen-bond donors (Lipinski definition) is 2. The molecule has 0 aliphatic rings. The van der Waals surface area contributed by atoms with E-state index in [9.17, 15) is 14.4 Å². The molecule has 0 saturated heterocycles. The lowest BCUT2D eigenvalue weighted by Gasteiger charge is -2.13. The number of carbonyl (C=O) groups excluding carboxylic acids is 3. The Morgan fingerprint density at radius 2 is 1.87 bits per heavy atom. The molecular weight excluding hydrogens is 420 g/mol. The third kappa shape index (κ3) is 6.96. The first-order valence-electron chi connectivity index (χ1n) is 9.86.